The van der Waals surface area contributed by atoms with Crippen molar-refractivity contribution in [1.82, 2.24) is 19.7 Å². The fourth-order valence-electron chi connectivity index (χ4n) is 2.77. The van der Waals surface area contributed by atoms with Crippen LogP contribution in [0.25, 0.3) is 33.2 Å². The van der Waals surface area contributed by atoms with Gasteiger partial charge < -0.3 is 9.51 Å². The van der Waals surface area contributed by atoms with Gasteiger partial charge in [-0.3, -0.25) is 4.57 Å². The number of aryl methyl sites for hydroxylation is 2. The van der Waals surface area contributed by atoms with E-state index in [0.29, 0.717) is 18.3 Å². The van der Waals surface area contributed by atoms with Crippen LogP contribution in [0.3, 0.4) is 0 Å². The van der Waals surface area contributed by atoms with Crippen LogP contribution in [0.4, 0.5) is 0 Å². The van der Waals surface area contributed by atoms with Crippen LogP contribution in [0, 0.1) is 6.92 Å². The van der Waals surface area contributed by atoms with Crippen molar-refractivity contribution in [1.29, 1.82) is 0 Å². The summed E-state index contributed by atoms with van der Waals surface area (Å²) in [5.41, 5.74) is 3.52. The number of thiophene rings is 1. The Bertz CT molecular complexity index is 1070. The minimum absolute atomic E-state index is 0.0907. The second-order valence-corrected chi connectivity index (χ2v) is 6.59. The van der Waals surface area contributed by atoms with Crippen LogP contribution >= 0.6 is 11.3 Å². The van der Waals surface area contributed by atoms with Crippen molar-refractivity contribution in [3.05, 3.63) is 45.7 Å². The molecule has 122 valence electrons. The monoisotopic (exact) mass is 340 g/mol. The summed E-state index contributed by atoms with van der Waals surface area (Å²) in [5, 5.41) is 6.08. The van der Waals surface area contributed by atoms with Gasteiger partial charge in [-0.25, -0.2) is 4.79 Å². The third-order valence-electron chi connectivity index (χ3n) is 3.96. The molecule has 7 heteroatoms. The summed E-state index contributed by atoms with van der Waals surface area (Å²) in [6, 6.07) is 7.75. The van der Waals surface area contributed by atoms with E-state index in [4.69, 9.17) is 4.52 Å². The largest absolute Gasteiger partial charge is 0.333 e. The van der Waals surface area contributed by atoms with Gasteiger partial charge in [0.25, 0.3) is 5.89 Å². The molecule has 0 bridgehead atoms. The minimum atomic E-state index is -0.0907. The first kappa shape index (κ1) is 14.9. The molecule has 4 rings (SSSR count). The van der Waals surface area contributed by atoms with Gasteiger partial charge in [-0.1, -0.05) is 12.1 Å². The summed E-state index contributed by atoms with van der Waals surface area (Å²) in [6.45, 7) is 4.76. The number of hydrogen-bond donors (Lipinski definition) is 1. The van der Waals surface area contributed by atoms with Gasteiger partial charge in [0.1, 0.15) is 0 Å². The van der Waals surface area contributed by atoms with E-state index in [2.05, 4.69) is 15.1 Å². The van der Waals surface area contributed by atoms with Gasteiger partial charge in [0.15, 0.2) is 0 Å². The Hall–Kier alpha value is -2.67. The van der Waals surface area contributed by atoms with E-state index in [1.54, 1.807) is 15.9 Å². The van der Waals surface area contributed by atoms with E-state index in [0.717, 1.165) is 33.5 Å². The van der Waals surface area contributed by atoms with Gasteiger partial charge in [0.05, 0.1) is 15.9 Å². The number of fused-ring (bicyclic) bond motifs is 1. The summed E-state index contributed by atoms with van der Waals surface area (Å²) in [7, 11) is 0. The van der Waals surface area contributed by atoms with Gasteiger partial charge in [-0.15, -0.1) is 11.3 Å². The van der Waals surface area contributed by atoms with Crippen molar-refractivity contribution < 1.29 is 4.52 Å². The van der Waals surface area contributed by atoms with Crippen molar-refractivity contribution in [2.24, 2.45) is 0 Å². The van der Waals surface area contributed by atoms with Crippen LogP contribution in [0.1, 0.15) is 18.9 Å². The van der Waals surface area contributed by atoms with Gasteiger partial charge >= 0.3 is 5.69 Å². The summed E-state index contributed by atoms with van der Waals surface area (Å²) in [6.07, 6.45) is 0.906. The molecule has 0 atom stereocenters. The molecule has 1 aromatic carbocycles. The lowest BCUT2D eigenvalue weighted by molar-refractivity contribution is 0.433. The van der Waals surface area contributed by atoms with E-state index >= 15 is 0 Å². The highest BCUT2D eigenvalue weighted by atomic mass is 32.1. The molecule has 0 fully saturated rings. The van der Waals surface area contributed by atoms with Crippen LogP contribution in [-0.2, 0) is 6.54 Å². The molecule has 0 saturated heterocycles. The van der Waals surface area contributed by atoms with Crippen molar-refractivity contribution in [2.75, 3.05) is 0 Å². The Balaban J connectivity index is 1.76. The summed E-state index contributed by atoms with van der Waals surface area (Å²) < 4.78 is 7.14. The molecule has 0 unspecified atom stereocenters. The van der Waals surface area contributed by atoms with Crippen LogP contribution in [0.5, 0.6) is 0 Å². The zero-order valence-corrected chi connectivity index (χ0v) is 14.2. The number of hydrogen-bond acceptors (Lipinski definition) is 5. The van der Waals surface area contributed by atoms with Gasteiger partial charge in [0, 0.05) is 12.1 Å². The van der Waals surface area contributed by atoms with Crippen LogP contribution < -0.4 is 5.69 Å². The molecule has 0 saturated carbocycles. The molecular formula is C17H16N4O2S. The Morgan fingerprint density at radius 1 is 1.33 bits per heavy atom. The number of benzene rings is 1. The van der Waals surface area contributed by atoms with Crippen molar-refractivity contribution in [2.45, 2.75) is 26.8 Å². The smallest absolute Gasteiger partial charge is 0.326 e. The second kappa shape index (κ2) is 5.76. The normalized spacial score (nSPS) is 11.4. The van der Waals surface area contributed by atoms with Crippen molar-refractivity contribution in [3.8, 4) is 22.2 Å². The lowest BCUT2D eigenvalue weighted by Crippen LogP contribution is -2.16. The lowest BCUT2D eigenvalue weighted by atomic mass is 10.2. The molecule has 4 aromatic rings. The number of aromatic amines is 1. The Morgan fingerprint density at radius 2 is 2.21 bits per heavy atom. The Kier molecular flexibility index (Phi) is 3.57. The molecule has 0 aliphatic rings. The molecular weight excluding hydrogens is 324 g/mol. The van der Waals surface area contributed by atoms with E-state index in [1.807, 2.05) is 43.5 Å². The highest BCUT2D eigenvalue weighted by Crippen LogP contribution is 2.29. The predicted octanol–water partition coefficient (Wildman–Crippen LogP) is 3.83. The zero-order valence-electron chi connectivity index (χ0n) is 13.4. The number of aromatic nitrogens is 4. The number of imidazole rings is 1. The molecule has 1 N–H and O–H groups in total. The molecule has 3 aromatic heterocycles. The fraction of sp³-hybridized carbons (Fsp3) is 0.235. The van der Waals surface area contributed by atoms with Gasteiger partial charge in [-0.05, 0) is 48.6 Å². The van der Waals surface area contributed by atoms with Gasteiger partial charge in [0.2, 0.25) is 5.82 Å². The highest BCUT2D eigenvalue weighted by molar-refractivity contribution is 7.13. The topological polar surface area (TPSA) is 76.7 Å². The summed E-state index contributed by atoms with van der Waals surface area (Å²) in [5.74, 6) is 1.04. The van der Waals surface area contributed by atoms with Crippen molar-refractivity contribution in [3.63, 3.8) is 0 Å². The minimum Gasteiger partial charge on any atom is -0.333 e. The van der Waals surface area contributed by atoms with E-state index in [9.17, 15) is 4.79 Å². The first-order valence-corrected chi connectivity index (χ1v) is 8.66. The quantitative estimate of drug-likeness (QED) is 0.612. The summed E-state index contributed by atoms with van der Waals surface area (Å²) in [4.78, 5) is 20.4. The molecule has 0 amide bonds. The number of H-pyrrole nitrogens is 1. The Labute approximate surface area is 141 Å². The number of nitrogens with one attached hydrogen (secondary N) is 1. The predicted molar refractivity (Wildman–Crippen MR) is 94.2 cm³/mol. The maximum atomic E-state index is 12.0. The highest BCUT2D eigenvalue weighted by Gasteiger charge is 2.15. The maximum Gasteiger partial charge on any atom is 0.326 e. The fourth-order valence-corrected chi connectivity index (χ4v) is 3.62. The molecule has 3 heterocycles. The van der Waals surface area contributed by atoms with E-state index in [-0.39, 0.29) is 5.69 Å². The second-order valence-electron chi connectivity index (χ2n) is 5.67. The van der Waals surface area contributed by atoms with Gasteiger partial charge in [-0.2, -0.15) is 4.98 Å². The maximum absolute atomic E-state index is 12.0. The average Bonchev–Trinajstić information content (AvgIpc) is 3.27. The number of rotatable bonds is 4. The molecule has 6 nitrogen and oxygen atoms in total. The third-order valence-corrected chi connectivity index (χ3v) is 4.97. The molecule has 0 aliphatic heterocycles. The SMILES string of the molecule is CCCn1c(=O)[nH]c2cc(-c3noc(-c4sccc4C)n3)ccc21. The Morgan fingerprint density at radius 3 is 2.96 bits per heavy atom. The molecule has 24 heavy (non-hydrogen) atoms. The molecule has 0 aliphatic carbocycles. The van der Waals surface area contributed by atoms with Crippen molar-refractivity contribution >= 4 is 22.4 Å². The first-order valence-electron chi connectivity index (χ1n) is 7.78. The standard InChI is InChI=1S/C17H16N4O2S/c1-3-7-21-13-5-4-11(9-12(13)18-17(21)22)15-19-16(23-20-15)14-10(2)6-8-24-14/h4-6,8-9H,3,7H2,1-2H3,(H,18,22). The average molecular weight is 340 g/mol. The lowest BCUT2D eigenvalue weighted by Gasteiger charge is -2.00. The molecule has 0 radical (unpaired) electrons. The third kappa shape index (κ3) is 2.37. The molecule has 0 spiro atoms. The van der Waals surface area contributed by atoms with Crippen LogP contribution in [-0.4, -0.2) is 19.7 Å². The van der Waals surface area contributed by atoms with Crippen LogP contribution in [0.2, 0.25) is 0 Å². The van der Waals surface area contributed by atoms with Crippen LogP contribution in [0.15, 0.2) is 39.0 Å². The van der Waals surface area contributed by atoms with E-state index < -0.39 is 0 Å². The zero-order chi connectivity index (χ0) is 16.7. The van der Waals surface area contributed by atoms with E-state index in [1.165, 1.54) is 0 Å². The first-order chi connectivity index (χ1) is 11.7. The summed E-state index contributed by atoms with van der Waals surface area (Å²) >= 11 is 1.58. The number of nitrogens with zero attached hydrogens (tertiary/aromatic N) is 3.